The van der Waals surface area contributed by atoms with E-state index in [4.69, 9.17) is 0 Å². The van der Waals surface area contributed by atoms with Crippen LogP contribution < -0.4 is 10.6 Å². The van der Waals surface area contributed by atoms with E-state index in [1.54, 1.807) is 0 Å². The summed E-state index contributed by atoms with van der Waals surface area (Å²) in [5, 5.41) is 6.77. The van der Waals surface area contributed by atoms with Gasteiger partial charge in [0.1, 0.15) is 5.00 Å². The van der Waals surface area contributed by atoms with Gasteiger partial charge in [-0.05, 0) is 49.0 Å². The van der Waals surface area contributed by atoms with Gasteiger partial charge < -0.3 is 10.6 Å². The van der Waals surface area contributed by atoms with Crippen LogP contribution in [0.1, 0.15) is 61.3 Å². The van der Waals surface area contributed by atoms with Crippen molar-refractivity contribution >= 4 is 28.2 Å². The van der Waals surface area contributed by atoms with E-state index < -0.39 is 0 Å². The summed E-state index contributed by atoms with van der Waals surface area (Å²) in [7, 11) is 0. The fraction of sp³-hybridized carbons (Fsp3) is 0.684. The Bertz CT molecular complexity index is 684. The first-order valence-corrected chi connectivity index (χ1v) is 9.58. The van der Waals surface area contributed by atoms with Gasteiger partial charge in [0.2, 0.25) is 5.91 Å². The molecule has 2 N–H and O–H groups in total. The number of rotatable bonds is 5. The molecule has 1 heterocycles. The van der Waals surface area contributed by atoms with Crippen LogP contribution in [0.5, 0.6) is 0 Å². The normalized spacial score (nSPS) is 21.4. The molecule has 4 nitrogen and oxygen atoms in total. The fourth-order valence-corrected chi connectivity index (χ4v) is 4.73. The molecule has 2 amide bonds. The number of thiophene rings is 1. The summed E-state index contributed by atoms with van der Waals surface area (Å²) in [4.78, 5) is 26.4. The van der Waals surface area contributed by atoms with Gasteiger partial charge in [-0.15, -0.1) is 11.3 Å². The third-order valence-corrected chi connectivity index (χ3v) is 7.50. The molecule has 2 saturated carbocycles. The minimum Gasteiger partial charge on any atom is -0.352 e. The minimum atomic E-state index is -0.0617. The molecule has 0 saturated heterocycles. The number of nitrogens with one attached hydrogen (secondary N) is 2. The van der Waals surface area contributed by atoms with Gasteiger partial charge in [0.05, 0.1) is 5.56 Å². The predicted octanol–water partition coefficient (Wildman–Crippen LogP) is 4.13. The molecule has 0 aromatic carbocycles. The summed E-state index contributed by atoms with van der Waals surface area (Å²) in [6.45, 7) is 13.2. The third kappa shape index (κ3) is 2.77. The Kier molecular flexibility index (Phi) is 4.06. The second kappa shape index (κ2) is 5.58. The highest BCUT2D eigenvalue weighted by atomic mass is 32.1. The number of carbonyl (C=O) groups is 2. The smallest absolute Gasteiger partial charge is 0.254 e. The van der Waals surface area contributed by atoms with E-state index >= 15 is 0 Å². The Labute approximate surface area is 148 Å². The van der Waals surface area contributed by atoms with Crippen molar-refractivity contribution in [2.24, 2.45) is 22.7 Å². The van der Waals surface area contributed by atoms with Crippen LogP contribution in [-0.2, 0) is 4.79 Å². The topological polar surface area (TPSA) is 58.2 Å². The molecule has 2 aliphatic carbocycles. The largest absolute Gasteiger partial charge is 0.352 e. The number of hydrogen-bond donors (Lipinski definition) is 2. The molecule has 2 aliphatic rings. The number of carbonyl (C=O) groups excluding carboxylic acids is 2. The van der Waals surface area contributed by atoms with E-state index in [-0.39, 0.29) is 28.6 Å². The first kappa shape index (κ1) is 17.5. The van der Waals surface area contributed by atoms with E-state index in [1.807, 2.05) is 13.8 Å². The molecule has 0 unspecified atom stereocenters. The lowest BCUT2D eigenvalue weighted by Gasteiger charge is -2.09. The lowest BCUT2D eigenvalue weighted by molar-refractivity contribution is -0.118. The van der Waals surface area contributed by atoms with E-state index in [1.165, 1.54) is 24.2 Å². The van der Waals surface area contributed by atoms with Gasteiger partial charge in [-0.25, -0.2) is 0 Å². The number of anilines is 1. The van der Waals surface area contributed by atoms with Crippen molar-refractivity contribution in [2.75, 3.05) is 11.9 Å². The monoisotopic (exact) mass is 348 g/mol. The molecule has 1 aromatic heterocycles. The van der Waals surface area contributed by atoms with E-state index in [2.05, 4.69) is 38.3 Å². The minimum absolute atomic E-state index is 0.00712. The molecule has 132 valence electrons. The van der Waals surface area contributed by atoms with Gasteiger partial charge >= 0.3 is 0 Å². The zero-order valence-corrected chi connectivity index (χ0v) is 16.3. The average Bonchev–Trinajstić information content (AvgIpc) is 3.31. The van der Waals surface area contributed by atoms with Gasteiger partial charge in [-0.3, -0.25) is 9.59 Å². The predicted molar refractivity (Wildman–Crippen MR) is 98.5 cm³/mol. The molecule has 5 heteroatoms. The number of amides is 2. The summed E-state index contributed by atoms with van der Waals surface area (Å²) < 4.78 is 0. The maximum absolute atomic E-state index is 12.7. The molecular formula is C19H28N2O2S. The molecule has 1 aromatic rings. The van der Waals surface area contributed by atoms with Gasteiger partial charge in [0.25, 0.3) is 5.91 Å². The first-order valence-electron chi connectivity index (χ1n) is 8.76. The number of aryl methyl sites for hydroxylation is 1. The summed E-state index contributed by atoms with van der Waals surface area (Å²) in [6, 6.07) is 0. The van der Waals surface area contributed by atoms with Crippen LogP contribution in [-0.4, -0.2) is 18.4 Å². The van der Waals surface area contributed by atoms with Crippen LogP contribution >= 0.6 is 11.3 Å². The standard InChI is InChI=1S/C19H28N2O2S/c1-10-11(2)24-17(13(10)15(22)20-9-12-7-8-12)21-16(23)14-18(3,4)19(14,5)6/h12,14H,7-9H2,1-6H3,(H,20,22)(H,21,23). The van der Waals surface area contributed by atoms with Crippen LogP contribution in [0, 0.1) is 36.5 Å². The summed E-state index contributed by atoms with van der Waals surface area (Å²) in [5.41, 5.74) is 1.60. The van der Waals surface area contributed by atoms with Crippen molar-refractivity contribution in [3.63, 3.8) is 0 Å². The molecular weight excluding hydrogens is 320 g/mol. The van der Waals surface area contributed by atoms with Gasteiger partial charge in [0.15, 0.2) is 0 Å². The van der Waals surface area contributed by atoms with Gasteiger partial charge in [0, 0.05) is 17.3 Å². The van der Waals surface area contributed by atoms with E-state index in [9.17, 15) is 9.59 Å². The molecule has 3 rings (SSSR count). The van der Waals surface area contributed by atoms with Crippen molar-refractivity contribution in [1.29, 1.82) is 0 Å². The highest BCUT2D eigenvalue weighted by molar-refractivity contribution is 7.16. The average molecular weight is 349 g/mol. The SMILES string of the molecule is Cc1sc(NC(=O)C2C(C)(C)C2(C)C)c(C(=O)NCC2CC2)c1C. The Hall–Kier alpha value is -1.36. The molecule has 2 fully saturated rings. The first-order chi connectivity index (χ1) is 11.1. The Morgan fingerprint density at radius 3 is 2.21 bits per heavy atom. The maximum atomic E-state index is 12.7. The van der Waals surface area contributed by atoms with Crippen molar-refractivity contribution in [3.05, 3.63) is 16.0 Å². The molecule has 0 atom stereocenters. The van der Waals surface area contributed by atoms with Crippen molar-refractivity contribution < 1.29 is 9.59 Å². The van der Waals surface area contributed by atoms with Crippen LogP contribution in [0.25, 0.3) is 0 Å². The Morgan fingerprint density at radius 1 is 1.12 bits per heavy atom. The molecule has 24 heavy (non-hydrogen) atoms. The van der Waals surface area contributed by atoms with Gasteiger partial charge in [-0.1, -0.05) is 27.7 Å². The van der Waals surface area contributed by atoms with E-state index in [0.717, 1.165) is 17.0 Å². The van der Waals surface area contributed by atoms with Gasteiger partial charge in [-0.2, -0.15) is 0 Å². The highest BCUT2D eigenvalue weighted by Crippen LogP contribution is 2.68. The fourth-order valence-electron chi connectivity index (χ4n) is 3.67. The highest BCUT2D eigenvalue weighted by Gasteiger charge is 2.68. The summed E-state index contributed by atoms with van der Waals surface area (Å²) >= 11 is 1.50. The Balaban J connectivity index is 1.77. The van der Waals surface area contributed by atoms with Crippen LogP contribution in [0.15, 0.2) is 0 Å². The third-order valence-electron chi connectivity index (χ3n) is 6.38. The van der Waals surface area contributed by atoms with Crippen molar-refractivity contribution in [2.45, 2.75) is 54.4 Å². The molecule has 0 aliphatic heterocycles. The molecule has 0 bridgehead atoms. The molecule has 0 spiro atoms. The maximum Gasteiger partial charge on any atom is 0.254 e. The zero-order valence-electron chi connectivity index (χ0n) is 15.5. The quantitative estimate of drug-likeness (QED) is 0.841. The second-order valence-corrected chi connectivity index (χ2v) is 9.73. The lowest BCUT2D eigenvalue weighted by Crippen LogP contribution is -2.27. The lowest BCUT2D eigenvalue weighted by atomic mass is 10.0. The zero-order chi connectivity index (χ0) is 17.9. The second-order valence-electron chi connectivity index (χ2n) is 8.51. The summed E-state index contributed by atoms with van der Waals surface area (Å²) in [5.74, 6) is 0.589. The van der Waals surface area contributed by atoms with Crippen LogP contribution in [0.2, 0.25) is 0 Å². The molecule has 0 radical (unpaired) electrons. The van der Waals surface area contributed by atoms with Crippen molar-refractivity contribution in [1.82, 2.24) is 5.32 Å². The van der Waals surface area contributed by atoms with E-state index in [0.29, 0.717) is 16.5 Å². The Morgan fingerprint density at radius 2 is 1.71 bits per heavy atom. The number of hydrogen-bond acceptors (Lipinski definition) is 3. The summed E-state index contributed by atoms with van der Waals surface area (Å²) in [6.07, 6.45) is 2.41. The van der Waals surface area contributed by atoms with Crippen LogP contribution in [0.4, 0.5) is 5.00 Å². The van der Waals surface area contributed by atoms with Crippen molar-refractivity contribution in [3.8, 4) is 0 Å². The van der Waals surface area contributed by atoms with Crippen LogP contribution in [0.3, 0.4) is 0 Å².